The van der Waals surface area contributed by atoms with Crippen LogP contribution in [0.4, 0.5) is 0 Å². The van der Waals surface area contributed by atoms with E-state index in [1.165, 1.54) is 0 Å². The minimum absolute atomic E-state index is 0.0653. The van der Waals surface area contributed by atoms with E-state index in [0.29, 0.717) is 28.7 Å². The smallest absolute Gasteiger partial charge is 0.253 e. The highest BCUT2D eigenvalue weighted by atomic mass is 35.5. The standard InChI is InChI=1S/C16H13Cl2NO2S/c17-14-2-1-10(5-15(14)18)16(21)19-6-12(8-20)13(7-19)11-3-4-22-9-11/h1-5,8-9,12-13H,6-7H2. The number of halogens is 2. The van der Waals surface area contributed by atoms with E-state index in [0.717, 1.165) is 11.8 Å². The van der Waals surface area contributed by atoms with Crippen molar-refractivity contribution in [1.82, 2.24) is 4.90 Å². The molecule has 1 aliphatic heterocycles. The van der Waals surface area contributed by atoms with Crippen molar-refractivity contribution in [3.05, 3.63) is 56.2 Å². The predicted molar refractivity (Wildman–Crippen MR) is 89.0 cm³/mol. The van der Waals surface area contributed by atoms with E-state index in [4.69, 9.17) is 23.2 Å². The number of rotatable bonds is 3. The third-order valence-electron chi connectivity index (χ3n) is 3.97. The van der Waals surface area contributed by atoms with Crippen molar-refractivity contribution in [2.24, 2.45) is 5.92 Å². The maximum Gasteiger partial charge on any atom is 0.253 e. The summed E-state index contributed by atoms with van der Waals surface area (Å²) in [6.45, 7) is 0.975. The zero-order chi connectivity index (χ0) is 15.7. The first-order chi connectivity index (χ1) is 10.6. The van der Waals surface area contributed by atoms with Crippen molar-refractivity contribution in [1.29, 1.82) is 0 Å². The van der Waals surface area contributed by atoms with Gasteiger partial charge < -0.3 is 9.69 Å². The molecule has 2 aromatic rings. The molecule has 0 spiro atoms. The Balaban J connectivity index is 1.82. The van der Waals surface area contributed by atoms with Crippen molar-refractivity contribution in [2.75, 3.05) is 13.1 Å². The number of thiophene rings is 1. The van der Waals surface area contributed by atoms with E-state index in [2.05, 4.69) is 0 Å². The van der Waals surface area contributed by atoms with Crippen LogP contribution in [-0.4, -0.2) is 30.2 Å². The monoisotopic (exact) mass is 353 g/mol. The van der Waals surface area contributed by atoms with Crippen LogP contribution in [0.2, 0.25) is 10.0 Å². The minimum Gasteiger partial charge on any atom is -0.337 e. The van der Waals surface area contributed by atoms with E-state index >= 15 is 0 Å². The number of hydrogen-bond donors (Lipinski definition) is 0. The largest absolute Gasteiger partial charge is 0.337 e. The molecule has 0 N–H and O–H groups in total. The van der Waals surface area contributed by atoms with Crippen LogP contribution in [0.25, 0.3) is 0 Å². The van der Waals surface area contributed by atoms with Gasteiger partial charge in [-0.15, -0.1) is 0 Å². The summed E-state index contributed by atoms with van der Waals surface area (Å²) in [5, 5.41) is 4.80. The van der Waals surface area contributed by atoms with Crippen molar-refractivity contribution in [3.8, 4) is 0 Å². The van der Waals surface area contributed by atoms with E-state index < -0.39 is 0 Å². The fourth-order valence-electron chi connectivity index (χ4n) is 2.78. The van der Waals surface area contributed by atoms with Crippen molar-refractivity contribution in [2.45, 2.75) is 5.92 Å². The number of likely N-dealkylation sites (tertiary alicyclic amines) is 1. The topological polar surface area (TPSA) is 37.4 Å². The van der Waals surface area contributed by atoms with Gasteiger partial charge in [0.25, 0.3) is 5.91 Å². The summed E-state index contributed by atoms with van der Waals surface area (Å²) in [5.74, 6) is -0.222. The fraction of sp³-hybridized carbons (Fsp3) is 0.250. The Labute approximate surface area is 142 Å². The average Bonchev–Trinajstić information content (AvgIpc) is 3.17. The molecular weight excluding hydrogens is 341 g/mol. The van der Waals surface area contributed by atoms with Gasteiger partial charge in [0.15, 0.2) is 0 Å². The highest BCUT2D eigenvalue weighted by Gasteiger charge is 2.36. The van der Waals surface area contributed by atoms with Crippen LogP contribution < -0.4 is 0 Å². The molecule has 2 heterocycles. The summed E-state index contributed by atoms with van der Waals surface area (Å²) in [6.07, 6.45) is 0.949. The number of carbonyl (C=O) groups is 2. The van der Waals surface area contributed by atoms with E-state index in [1.54, 1.807) is 34.4 Å². The van der Waals surface area contributed by atoms with E-state index in [9.17, 15) is 9.59 Å². The number of carbonyl (C=O) groups excluding carboxylic acids is 2. The summed E-state index contributed by atoms with van der Waals surface area (Å²) in [4.78, 5) is 25.7. The molecule has 1 amide bonds. The van der Waals surface area contributed by atoms with Gasteiger partial charge in [-0.1, -0.05) is 23.2 Å². The second kappa shape index (κ2) is 6.41. The molecule has 1 aliphatic rings. The SMILES string of the molecule is O=CC1CN(C(=O)c2ccc(Cl)c(Cl)c2)CC1c1ccsc1. The van der Waals surface area contributed by atoms with Crippen LogP contribution in [-0.2, 0) is 4.79 Å². The number of hydrogen-bond acceptors (Lipinski definition) is 3. The van der Waals surface area contributed by atoms with Gasteiger partial charge in [-0.05, 0) is 40.6 Å². The minimum atomic E-state index is -0.165. The lowest BCUT2D eigenvalue weighted by molar-refractivity contribution is -0.111. The average molecular weight is 354 g/mol. The molecule has 0 saturated carbocycles. The van der Waals surface area contributed by atoms with Crippen LogP contribution in [0, 0.1) is 5.92 Å². The first-order valence-corrected chi connectivity index (χ1v) is 8.51. The second-order valence-corrected chi connectivity index (χ2v) is 6.90. The van der Waals surface area contributed by atoms with Gasteiger partial charge >= 0.3 is 0 Å². The zero-order valence-electron chi connectivity index (χ0n) is 11.5. The Bertz CT molecular complexity index is 702. The Kier molecular flexibility index (Phi) is 4.52. The van der Waals surface area contributed by atoms with E-state index in [-0.39, 0.29) is 17.7 Å². The Morgan fingerprint density at radius 2 is 2.05 bits per heavy atom. The molecule has 22 heavy (non-hydrogen) atoms. The number of amides is 1. The molecule has 6 heteroatoms. The Morgan fingerprint density at radius 3 is 2.68 bits per heavy atom. The molecule has 3 nitrogen and oxygen atoms in total. The first kappa shape index (κ1) is 15.5. The number of benzene rings is 1. The molecule has 0 aliphatic carbocycles. The van der Waals surface area contributed by atoms with Crippen molar-refractivity contribution in [3.63, 3.8) is 0 Å². The maximum atomic E-state index is 12.6. The molecule has 114 valence electrons. The van der Waals surface area contributed by atoms with Crippen LogP contribution in [0.1, 0.15) is 21.8 Å². The van der Waals surface area contributed by atoms with Crippen molar-refractivity contribution < 1.29 is 9.59 Å². The van der Waals surface area contributed by atoms with Gasteiger partial charge in [0, 0.05) is 30.5 Å². The lowest BCUT2D eigenvalue weighted by Crippen LogP contribution is -2.29. The lowest BCUT2D eigenvalue weighted by atomic mass is 9.92. The molecule has 1 aromatic heterocycles. The van der Waals surface area contributed by atoms with E-state index in [1.807, 2.05) is 16.8 Å². The molecule has 1 fully saturated rings. The number of aldehydes is 1. The molecule has 2 atom stereocenters. The van der Waals surface area contributed by atoms with Gasteiger partial charge in [0.1, 0.15) is 6.29 Å². The Hall–Kier alpha value is -1.36. The predicted octanol–water partition coefficient (Wildman–Crippen LogP) is 4.11. The highest BCUT2D eigenvalue weighted by molar-refractivity contribution is 7.08. The summed E-state index contributed by atoms with van der Waals surface area (Å²) in [6, 6.07) is 6.85. The molecule has 0 radical (unpaired) electrons. The number of nitrogens with zero attached hydrogens (tertiary/aromatic N) is 1. The molecule has 0 bridgehead atoms. The van der Waals surface area contributed by atoms with Gasteiger partial charge in [-0.25, -0.2) is 0 Å². The third-order valence-corrected chi connectivity index (χ3v) is 5.41. The molecule has 2 unspecified atom stereocenters. The van der Waals surface area contributed by atoms with Gasteiger partial charge in [-0.2, -0.15) is 11.3 Å². The van der Waals surface area contributed by atoms with Crippen LogP contribution >= 0.6 is 34.5 Å². The second-order valence-electron chi connectivity index (χ2n) is 5.30. The Morgan fingerprint density at radius 1 is 1.23 bits per heavy atom. The third kappa shape index (κ3) is 2.91. The molecular formula is C16H13Cl2NO2S. The van der Waals surface area contributed by atoms with Crippen LogP contribution in [0.3, 0.4) is 0 Å². The van der Waals surface area contributed by atoms with Crippen LogP contribution in [0.15, 0.2) is 35.0 Å². The summed E-state index contributed by atoms with van der Waals surface area (Å²) in [5.41, 5.74) is 1.61. The quantitative estimate of drug-likeness (QED) is 0.778. The van der Waals surface area contributed by atoms with Crippen molar-refractivity contribution >= 4 is 46.7 Å². The molecule has 3 rings (SSSR count). The first-order valence-electron chi connectivity index (χ1n) is 6.82. The fourth-order valence-corrected chi connectivity index (χ4v) is 3.81. The summed E-state index contributed by atoms with van der Waals surface area (Å²) >= 11 is 13.4. The highest BCUT2D eigenvalue weighted by Crippen LogP contribution is 2.34. The van der Waals surface area contributed by atoms with Gasteiger partial charge in [0.05, 0.1) is 10.0 Å². The van der Waals surface area contributed by atoms with Crippen LogP contribution in [0.5, 0.6) is 0 Å². The van der Waals surface area contributed by atoms with Gasteiger partial charge in [0.2, 0.25) is 0 Å². The normalized spacial score (nSPS) is 21.1. The summed E-state index contributed by atoms with van der Waals surface area (Å²) < 4.78 is 0. The molecule has 1 aromatic carbocycles. The lowest BCUT2D eigenvalue weighted by Gasteiger charge is -2.16. The zero-order valence-corrected chi connectivity index (χ0v) is 13.9. The molecule has 1 saturated heterocycles. The maximum absolute atomic E-state index is 12.6. The summed E-state index contributed by atoms with van der Waals surface area (Å²) in [7, 11) is 0. The van der Waals surface area contributed by atoms with Gasteiger partial charge in [-0.3, -0.25) is 4.79 Å².